The average molecular weight is 425 g/mol. The van der Waals surface area contributed by atoms with Crippen molar-refractivity contribution < 1.29 is 9.59 Å². The van der Waals surface area contributed by atoms with Crippen LogP contribution in [-0.2, 0) is 11.3 Å². The molecule has 0 fully saturated rings. The second-order valence-corrected chi connectivity index (χ2v) is 6.69. The van der Waals surface area contributed by atoms with Gasteiger partial charge >= 0.3 is 0 Å². The minimum atomic E-state index is -0.533. The van der Waals surface area contributed by atoms with Crippen LogP contribution in [0.4, 0.5) is 0 Å². The van der Waals surface area contributed by atoms with Gasteiger partial charge < -0.3 is 10.6 Å². The number of primary amides is 1. The highest BCUT2D eigenvalue weighted by molar-refractivity contribution is 9.10. The molecule has 0 heterocycles. The summed E-state index contributed by atoms with van der Waals surface area (Å²) < 4.78 is 0.922. The predicted molar refractivity (Wildman–Crippen MR) is 111 cm³/mol. The molecule has 4 nitrogen and oxygen atoms in total. The van der Waals surface area contributed by atoms with E-state index in [2.05, 4.69) is 15.9 Å². The number of hydrogen-bond acceptors (Lipinski definition) is 2. The number of nitrogens with zero attached hydrogens (tertiary/aromatic N) is 1. The SMILES string of the molecule is NC(=O)CN(Cc1cccc(Br)c1)C(=O)c1ccccc1.c1ccccc1. The number of rotatable bonds is 5. The number of benzene rings is 3. The lowest BCUT2D eigenvalue weighted by Crippen LogP contribution is -2.38. The van der Waals surface area contributed by atoms with Crippen LogP contribution in [0.2, 0.25) is 0 Å². The monoisotopic (exact) mass is 424 g/mol. The molecule has 2 N–H and O–H groups in total. The van der Waals surface area contributed by atoms with Gasteiger partial charge in [0.25, 0.3) is 5.91 Å². The fraction of sp³-hybridized carbons (Fsp3) is 0.0909. The Kier molecular flexibility index (Phi) is 8.26. The Labute approximate surface area is 167 Å². The summed E-state index contributed by atoms with van der Waals surface area (Å²) in [6.45, 7) is 0.219. The summed E-state index contributed by atoms with van der Waals surface area (Å²) in [5, 5.41) is 0. The fourth-order valence-corrected chi connectivity index (χ4v) is 2.84. The molecule has 0 saturated carbocycles. The molecular formula is C22H21BrN2O2. The maximum atomic E-state index is 12.5. The molecule has 0 aliphatic carbocycles. The first-order chi connectivity index (χ1) is 13.1. The molecule has 0 aliphatic rings. The summed E-state index contributed by atoms with van der Waals surface area (Å²) >= 11 is 3.39. The van der Waals surface area contributed by atoms with Crippen LogP contribution in [0.25, 0.3) is 0 Å². The topological polar surface area (TPSA) is 63.4 Å². The lowest BCUT2D eigenvalue weighted by atomic mass is 10.1. The van der Waals surface area contributed by atoms with Crippen molar-refractivity contribution in [3.63, 3.8) is 0 Å². The van der Waals surface area contributed by atoms with E-state index in [1.54, 1.807) is 24.3 Å². The van der Waals surface area contributed by atoms with Crippen LogP contribution in [0.3, 0.4) is 0 Å². The van der Waals surface area contributed by atoms with Gasteiger partial charge in [0.05, 0.1) is 6.54 Å². The molecule has 0 saturated heterocycles. The summed E-state index contributed by atoms with van der Waals surface area (Å²) in [6, 6.07) is 28.4. The summed E-state index contributed by atoms with van der Waals surface area (Å²) in [5.41, 5.74) is 6.71. The molecule has 3 rings (SSSR count). The van der Waals surface area contributed by atoms with E-state index in [4.69, 9.17) is 5.73 Å². The minimum Gasteiger partial charge on any atom is -0.368 e. The zero-order valence-electron chi connectivity index (χ0n) is 14.8. The van der Waals surface area contributed by atoms with E-state index in [9.17, 15) is 9.59 Å². The van der Waals surface area contributed by atoms with Crippen LogP contribution < -0.4 is 5.73 Å². The van der Waals surface area contributed by atoms with Crippen LogP contribution >= 0.6 is 15.9 Å². The molecular weight excluding hydrogens is 404 g/mol. The molecule has 0 unspecified atom stereocenters. The van der Waals surface area contributed by atoms with Crippen molar-refractivity contribution in [1.82, 2.24) is 4.90 Å². The molecule has 0 aromatic heterocycles. The number of hydrogen-bond donors (Lipinski definition) is 1. The molecule has 0 atom stereocenters. The molecule has 2 amide bonds. The Morgan fingerprint density at radius 2 is 1.37 bits per heavy atom. The van der Waals surface area contributed by atoms with E-state index in [0.717, 1.165) is 10.0 Å². The van der Waals surface area contributed by atoms with Gasteiger partial charge in [0.2, 0.25) is 5.91 Å². The first-order valence-electron chi connectivity index (χ1n) is 8.43. The highest BCUT2D eigenvalue weighted by Gasteiger charge is 2.17. The van der Waals surface area contributed by atoms with Gasteiger partial charge in [-0.3, -0.25) is 9.59 Å². The zero-order valence-corrected chi connectivity index (χ0v) is 16.4. The van der Waals surface area contributed by atoms with Gasteiger partial charge in [-0.1, -0.05) is 82.7 Å². The lowest BCUT2D eigenvalue weighted by molar-refractivity contribution is -0.118. The zero-order chi connectivity index (χ0) is 19.5. The smallest absolute Gasteiger partial charge is 0.254 e. The van der Waals surface area contributed by atoms with Crippen LogP contribution in [0.5, 0.6) is 0 Å². The van der Waals surface area contributed by atoms with Crippen LogP contribution in [0.15, 0.2) is 95.5 Å². The van der Waals surface area contributed by atoms with Gasteiger partial charge in [0, 0.05) is 16.6 Å². The molecule has 138 valence electrons. The van der Waals surface area contributed by atoms with E-state index in [-0.39, 0.29) is 12.5 Å². The molecule has 0 bridgehead atoms. The Morgan fingerprint density at radius 3 is 1.89 bits per heavy atom. The van der Waals surface area contributed by atoms with E-state index in [1.165, 1.54) is 4.90 Å². The van der Waals surface area contributed by atoms with Crippen LogP contribution in [0.1, 0.15) is 15.9 Å². The Bertz CT molecular complexity index is 828. The minimum absolute atomic E-state index is 0.111. The second-order valence-electron chi connectivity index (χ2n) is 5.78. The fourth-order valence-electron chi connectivity index (χ4n) is 2.39. The molecule has 0 radical (unpaired) electrons. The van der Waals surface area contributed by atoms with Crippen LogP contribution in [-0.4, -0.2) is 23.3 Å². The maximum absolute atomic E-state index is 12.5. The van der Waals surface area contributed by atoms with Crippen molar-refractivity contribution in [3.8, 4) is 0 Å². The third kappa shape index (κ3) is 7.46. The summed E-state index contributed by atoms with van der Waals surface area (Å²) in [7, 11) is 0. The van der Waals surface area contributed by atoms with Crippen molar-refractivity contribution in [2.75, 3.05) is 6.54 Å². The second kappa shape index (κ2) is 10.9. The van der Waals surface area contributed by atoms with Gasteiger partial charge in [0.15, 0.2) is 0 Å². The highest BCUT2D eigenvalue weighted by Crippen LogP contribution is 2.15. The predicted octanol–water partition coefficient (Wildman–Crippen LogP) is 4.26. The van der Waals surface area contributed by atoms with Crippen molar-refractivity contribution in [1.29, 1.82) is 0 Å². The van der Waals surface area contributed by atoms with Gasteiger partial charge in [-0.2, -0.15) is 0 Å². The number of halogens is 1. The molecule has 27 heavy (non-hydrogen) atoms. The molecule has 0 aliphatic heterocycles. The molecule has 0 spiro atoms. The summed E-state index contributed by atoms with van der Waals surface area (Å²) in [4.78, 5) is 25.1. The normalized spacial score (nSPS) is 9.67. The number of amides is 2. The van der Waals surface area contributed by atoms with E-state index >= 15 is 0 Å². The average Bonchev–Trinajstić information content (AvgIpc) is 2.69. The standard InChI is InChI=1S/C16H15BrN2O2.C6H6/c17-14-8-4-5-12(9-14)10-19(11-15(18)20)16(21)13-6-2-1-3-7-13;1-2-4-6-5-3-1/h1-9H,10-11H2,(H2,18,20);1-6H. The maximum Gasteiger partial charge on any atom is 0.254 e. The first kappa shape index (κ1) is 20.4. The third-order valence-electron chi connectivity index (χ3n) is 3.58. The van der Waals surface area contributed by atoms with Crippen LogP contribution in [0, 0.1) is 0 Å². The Hall–Kier alpha value is -2.92. The molecule has 3 aromatic rings. The van der Waals surface area contributed by atoms with E-state index in [0.29, 0.717) is 12.1 Å². The molecule has 5 heteroatoms. The van der Waals surface area contributed by atoms with E-state index in [1.807, 2.05) is 66.7 Å². The lowest BCUT2D eigenvalue weighted by Gasteiger charge is -2.21. The number of nitrogens with two attached hydrogens (primary N) is 1. The van der Waals surface area contributed by atoms with Crippen molar-refractivity contribution >= 4 is 27.7 Å². The van der Waals surface area contributed by atoms with Gasteiger partial charge in [-0.05, 0) is 29.8 Å². The van der Waals surface area contributed by atoms with Crippen molar-refractivity contribution in [2.24, 2.45) is 5.73 Å². The summed E-state index contributed by atoms with van der Waals surface area (Å²) in [6.07, 6.45) is 0. The largest absolute Gasteiger partial charge is 0.368 e. The van der Waals surface area contributed by atoms with Crippen molar-refractivity contribution in [2.45, 2.75) is 6.54 Å². The Morgan fingerprint density at radius 1 is 0.815 bits per heavy atom. The number of carbonyl (C=O) groups is 2. The van der Waals surface area contributed by atoms with Gasteiger partial charge in [0.1, 0.15) is 0 Å². The highest BCUT2D eigenvalue weighted by atomic mass is 79.9. The van der Waals surface area contributed by atoms with Crippen molar-refractivity contribution in [3.05, 3.63) is 107 Å². The summed E-state index contributed by atoms with van der Waals surface area (Å²) in [5.74, 6) is -0.747. The Balaban J connectivity index is 0.000000369. The van der Waals surface area contributed by atoms with E-state index < -0.39 is 5.91 Å². The quantitative estimate of drug-likeness (QED) is 0.664. The van der Waals surface area contributed by atoms with Gasteiger partial charge in [-0.25, -0.2) is 0 Å². The third-order valence-corrected chi connectivity index (χ3v) is 4.08. The number of carbonyl (C=O) groups excluding carboxylic acids is 2. The van der Waals surface area contributed by atoms with Gasteiger partial charge in [-0.15, -0.1) is 0 Å². The molecule has 3 aromatic carbocycles. The first-order valence-corrected chi connectivity index (χ1v) is 9.22.